The molecule has 1 aliphatic carbocycles. The summed E-state index contributed by atoms with van der Waals surface area (Å²) in [5, 5.41) is 4.73. The van der Waals surface area contributed by atoms with E-state index in [0.717, 1.165) is 23.3 Å². The molecular weight excluding hydrogens is 240 g/mol. The molecule has 1 aromatic rings. The normalized spacial score (nSPS) is 24.7. The molecule has 96 valence electrons. The first-order valence-corrected chi connectivity index (χ1v) is 7.81. The monoisotopic (exact) mass is 260 g/mol. The molecule has 3 rings (SSSR count). The number of thioether (sulfide) groups is 1. The molecule has 1 aromatic carbocycles. The van der Waals surface area contributed by atoms with E-state index in [-0.39, 0.29) is 0 Å². The second-order valence-electron chi connectivity index (χ2n) is 5.36. The van der Waals surface area contributed by atoms with Crippen molar-refractivity contribution in [1.82, 2.24) is 5.32 Å². The largest absolute Gasteiger partial charge is 0.362 e. The molecule has 1 aliphatic heterocycles. The number of benzene rings is 1. The molecule has 1 saturated carbocycles. The molecule has 0 spiro atoms. The van der Waals surface area contributed by atoms with Crippen LogP contribution in [0.2, 0.25) is 0 Å². The Morgan fingerprint density at radius 1 is 1.33 bits per heavy atom. The first-order valence-electron chi connectivity index (χ1n) is 6.82. The quantitative estimate of drug-likeness (QED) is 0.899. The van der Waals surface area contributed by atoms with Crippen molar-refractivity contribution >= 4 is 16.9 Å². The molecule has 2 aliphatic rings. The van der Waals surface area contributed by atoms with Crippen molar-refractivity contribution in [2.24, 2.45) is 10.9 Å². The van der Waals surface area contributed by atoms with Gasteiger partial charge in [0.05, 0.1) is 6.04 Å². The molecule has 1 heterocycles. The van der Waals surface area contributed by atoms with E-state index in [1.807, 2.05) is 11.8 Å². The van der Waals surface area contributed by atoms with Crippen molar-refractivity contribution in [3.8, 4) is 0 Å². The van der Waals surface area contributed by atoms with Gasteiger partial charge in [0.25, 0.3) is 0 Å². The average Bonchev–Trinajstić information content (AvgIpc) is 3.15. The van der Waals surface area contributed by atoms with Crippen molar-refractivity contribution in [2.45, 2.75) is 38.3 Å². The van der Waals surface area contributed by atoms with Gasteiger partial charge in [0.2, 0.25) is 0 Å². The predicted molar refractivity (Wildman–Crippen MR) is 79.1 cm³/mol. The summed E-state index contributed by atoms with van der Waals surface area (Å²) in [6.45, 7) is 2.28. The van der Waals surface area contributed by atoms with Crippen LogP contribution in [0.25, 0.3) is 0 Å². The molecule has 0 radical (unpaired) electrons. The van der Waals surface area contributed by atoms with Crippen molar-refractivity contribution in [3.63, 3.8) is 0 Å². The Labute approximate surface area is 113 Å². The lowest BCUT2D eigenvalue weighted by Gasteiger charge is -2.12. The molecule has 2 nitrogen and oxygen atoms in total. The summed E-state index contributed by atoms with van der Waals surface area (Å²) in [6.07, 6.45) is 3.84. The SMILES string of the molecule is CC(NC1=NC(Cc2ccccc2)CS1)C1CC1. The van der Waals surface area contributed by atoms with Gasteiger partial charge < -0.3 is 5.32 Å². The van der Waals surface area contributed by atoms with Crippen molar-refractivity contribution in [1.29, 1.82) is 0 Å². The highest BCUT2D eigenvalue weighted by Crippen LogP contribution is 2.33. The molecule has 1 N–H and O–H groups in total. The molecule has 0 aromatic heterocycles. The number of nitrogens with zero attached hydrogens (tertiary/aromatic N) is 1. The maximum atomic E-state index is 4.80. The van der Waals surface area contributed by atoms with Crippen LogP contribution in [0.4, 0.5) is 0 Å². The summed E-state index contributed by atoms with van der Waals surface area (Å²) in [5.74, 6) is 2.01. The Balaban J connectivity index is 1.54. The van der Waals surface area contributed by atoms with E-state index < -0.39 is 0 Å². The van der Waals surface area contributed by atoms with Crippen molar-refractivity contribution < 1.29 is 0 Å². The van der Waals surface area contributed by atoms with Gasteiger partial charge in [-0.15, -0.1) is 0 Å². The summed E-state index contributed by atoms with van der Waals surface area (Å²) in [7, 11) is 0. The molecule has 0 bridgehead atoms. The fraction of sp³-hybridized carbons (Fsp3) is 0.533. The van der Waals surface area contributed by atoms with Gasteiger partial charge in [-0.05, 0) is 37.7 Å². The molecule has 1 fully saturated rings. The first-order chi connectivity index (χ1) is 8.81. The maximum absolute atomic E-state index is 4.80. The van der Waals surface area contributed by atoms with Gasteiger partial charge >= 0.3 is 0 Å². The highest BCUT2D eigenvalue weighted by Gasteiger charge is 2.29. The summed E-state index contributed by atoms with van der Waals surface area (Å²) in [5.41, 5.74) is 1.39. The molecular formula is C15H20N2S. The highest BCUT2D eigenvalue weighted by molar-refractivity contribution is 8.14. The standard InChI is InChI=1S/C15H20N2S/c1-11(13-7-8-13)16-15-17-14(10-18-15)9-12-5-3-2-4-6-12/h2-6,11,13-14H,7-10H2,1H3,(H,16,17). The minimum absolute atomic E-state index is 0.450. The summed E-state index contributed by atoms with van der Waals surface area (Å²) in [6, 6.07) is 11.7. The minimum Gasteiger partial charge on any atom is -0.362 e. The van der Waals surface area contributed by atoms with Crippen LogP contribution >= 0.6 is 11.8 Å². The number of amidine groups is 1. The maximum Gasteiger partial charge on any atom is 0.157 e. The van der Waals surface area contributed by atoms with Crippen LogP contribution in [-0.2, 0) is 6.42 Å². The summed E-state index contributed by atoms with van der Waals surface area (Å²) in [4.78, 5) is 4.80. The number of aliphatic imine (C=N–C) groups is 1. The predicted octanol–water partition coefficient (Wildman–Crippen LogP) is 3.09. The van der Waals surface area contributed by atoms with Crippen LogP contribution in [0.1, 0.15) is 25.3 Å². The van der Waals surface area contributed by atoms with Crippen LogP contribution in [0.5, 0.6) is 0 Å². The minimum atomic E-state index is 0.450. The van der Waals surface area contributed by atoms with E-state index in [2.05, 4.69) is 42.6 Å². The van der Waals surface area contributed by atoms with Crippen molar-refractivity contribution in [2.75, 3.05) is 5.75 Å². The van der Waals surface area contributed by atoms with Gasteiger partial charge in [0.1, 0.15) is 0 Å². The molecule has 18 heavy (non-hydrogen) atoms. The smallest absolute Gasteiger partial charge is 0.157 e. The van der Waals surface area contributed by atoms with Gasteiger partial charge in [-0.25, -0.2) is 0 Å². The third-order valence-corrected chi connectivity index (χ3v) is 4.75. The number of nitrogens with one attached hydrogen (secondary N) is 1. The van der Waals surface area contributed by atoms with E-state index in [1.165, 1.54) is 18.4 Å². The lowest BCUT2D eigenvalue weighted by Crippen LogP contribution is -2.31. The van der Waals surface area contributed by atoms with E-state index >= 15 is 0 Å². The van der Waals surface area contributed by atoms with Gasteiger partial charge in [-0.3, -0.25) is 4.99 Å². The van der Waals surface area contributed by atoms with E-state index in [1.54, 1.807) is 0 Å². The fourth-order valence-electron chi connectivity index (χ4n) is 2.39. The average molecular weight is 260 g/mol. The zero-order chi connectivity index (χ0) is 12.4. The van der Waals surface area contributed by atoms with E-state index in [4.69, 9.17) is 4.99 Å². The van der Waals surface area contributed by atoms with Gasteiger partial charge in [-0.1, -0.05) is 42.1 Å². The van der Waals surface area contributed by atoms with Crippen LogP contribution in [-0.4, -0.2) is 23.0 Å². The van der Waals surface area contributed by atoms with Crippen molar-refractivity contribution in [3.05, 3.63) is 35.9 Å². The third-order valence-electron chi connectivity index (χ3n) is 3.71. The highest BCUT2D eigenvalue weighted by atomic mass is 32.2. The Hall–Kier alpha value is -0.960. The van der Waals surface area contributed by atoms with E-state index in [0.29, 0.717) is 12.1 Å². The van der Waals surface area contributed by atoms with Crippen LogP contribution in [0, 0.1) is 5.92 Å². The second kappa shape index (κ2) is 5.35. The molecule has 2 atom stereocenters. The van der Waals surface area contributed by atoms with Crippen LogP contribution < -0.4 is 5.32 Å². The molecule has 0 amide bonds. The molecule has 3 heteroatoms. The van der Waals surface area contributed by atoms with Gasteiger partial charge in [0, 0.05) is 11.8 Å². The van der Waals surface area contributed by atoms with E-state index in [9.17, 15) is 0 Å². The Morgan fingerprint density at radius 2 is 2.11 bits per heavy atom. The van der Waals surface area contributed by atoms with Gasteiger partial charge in [-0.2, -0.15) is 0 Å². The zero-order valence-electron chi connectivity index (χ0n) is 10.8. The fourth-order valence-corrected chi connectivity index (χ4v) is 3.43. The summed E-state index contributed by atoms with van der Waals surface area (Å²) >= 11 is 1.88. The lowest BCUT2D eigenvalue weighted by molar-refractivity contribution is 0.589. The molecule has 2 unspecified atom stereocenters. The summed E-state index contributed by atoms with van der Waals surface area (Å²) < 4.78 is 0. The topological polar surface area (TPSA) is 24.4 Å². The number of hydrogen-bond acceptors (Lipinski definition) is 3. The first kappa shape index (κ1) is 12.1. The molecule has 0 saturated heterocycles. The third kappa shape index (κ3) is 3.08. The number of rotatable bonds is 4. The second-order valence-corrected chi connectivity index (χ2v) is 6.37. The Morgan fingerprint density at radius 3 is 2.83 bits per heavy atom. The Bertz CT molecular complexity index is 425. The van der Waals surface area contributed by atoms with Crippen LogP contribution in [0.3, 0.4) is 0 Å². The van der Waals surface area contributed by atoms with Crippen LogP contribution in [0.15, 0.2) is 35.3 Å². The lowest BCUT2D eigenvalue weighted by atomic mass is 10.1. The zero-order valence-corrected chi connectivity index (χ0v) is 11.6. The Kier molecular flexibility index (Phi) is 3.59. The van der Waals surface area contributed by atoms with Gasteiger partial charge in [0.15, 0.2) is 5.17 Å². The number of hydrogen-bond donors (Lipinski definition) is 1.